The van der Waals surface area contributed by atoms with Gasteiger partial charge in [0, 0.05) is 12.8 Å². The zero-order valence-corrected chi connectivity index (χ0v) is 24.1. The minimum atomic E-state index is -2.41. The second kappa shape index (κ2) is 20.9. The van der Waals surface area contributed by atoms with E-state index in [1.54, 1.807) is 0 Å². The quantitative estimate of drug-likeness (QED) is 0.0591. The van der Waals surface area contributed by atoms with Crippen molar-refractivity contribution in [3.05, 3.63) is 12.2 Å². The van der Waals surface area contributed by atoms with Crippen LogP contribution in [-0.2, 0) is 9.13 Å². The number of hydrogen-bond donors (Lipinski definition) is 0. The fourth-order valence-corrected chi connectivity index (χ4v) is 6.09. The maximum atomic E-state index is 12.0. The summed E-state index contributed by atoms with van der Waals surface area (Å²) in [4.78, 5) is 0. The third-order valence-electron chi connectivity index (χ3n) is 7.47. The molecule has 0 aromatic heterocycles. The molecule has 33 heavy (non-hydrogen) atoms. The molecule has 0 saturated carbocycles. The van der Waals surface area contributed by atoms with Crippen molar-refractivity contribution >= 4 is 7.68 Å². The summed E-state index contributed by atoms with van der Waals surface area (Å²) in [6.45, 7) is 4.26. The van der Waals surface area contributed by atoms with Gasteiger partial charge in [-0.15, -0.1) is 0 Å². The summed E-state index contributed by atoms with van der Waals surface area (Å²) in [6, 6.07) is 0. The van der Waals surface area contributed by atoms with E-state index in [0.717, 1.165) is 12.8 Å². The number of quaternary nitrogens is 1. The topological polar surface area (TPSA) is 34.1 Å². The molecule has 0 amide bonds. The summed E-state index contributed by atoms with van der Waals surface area (Å²) in [5, 5.41) is -0.596. The van der Waals surface area contributed by atoms with Gasteiger partial charge >= 0.3 is 7.68 Å². The lowest BCUT2D eigenvalue weighted by atomic mass is 10.0. The molecule has 0 aliphatic carbocycles. The fraction of sp³-hybridized carbons (Fsp3) is 0.931. The van der Waals surface area contributed by atoms with Gasteiger partial charge in [-0.1, -0.05) is 122 Å². The van der Waals surface area contributed by atoms with E-state index in [2.05, 4.69) is 19.1 Å². The summed E-state index contributed by atoms with van der Waals surface area (Å²) < 4.78 is 24.4. The van der Waals surface area contributed by atoms with E-state index in [9.17, 15) is 9.13 Å². The van der Waals surface area contributed by atoms with E-state index in [4.69, 9.17) is 0 Å². The number of rotatable bonds is 24. The van der Waals surface area contributed by atoms with Crippen LogP contribution in [0.5, 0.6) is 0 Å². The van der Waals surface area contributed by atoms with Gasteiger partial charge in [-0.2, -0.15) is 0 Å². The first-order valence-electron chi connectivity index (χ1n) is 14.4. The first kappa shape index (κ1) is 32.6. The van der Waals surface area contributed by atoms with Crippen molar-refractivity contribution in [2.24, 2.45) is 0 Å². The molecule has 3 nitrogen and oxygen atoms in total. The zero-order chi connectivity index (χ0) is 24.8. The van der Waals surface area contributed by atoms with Crippen molar-refractivity contribution in [1.29, 1.82) is 0 Å². The summed E-state index contributed by atoms with van der Waals surface area (Å²) in [5.74, 6) is 0. The molecular formula is C29H59NO2P+. The molecule has 196 valence electrons. The SMILES string of the molecule is CCCC=CCCCCCCCCCCCCCCCCCCC(CC)(P(=O)=O)[N+](C)(C)C. The van der Waals surface area contributed by atoms with Gasteiger partial charge in [0.1, 0.15) is 0 Å². The predicted octanol–water partition coefficient (Wildman–Crippen LogP) is 10.3. The van der Waals surface area contributed by atoms with Gasteiger partial charge in [0.2, 0.25) is 5.28 Å². The predicted molar refractivity (Wildman–Crippen MR) is 147 cm³/mol. The van der Waals surface area contributed by atoms with Gasteiger partial charge in [-0.05, 0) is 25.7 Å². The third-order valence-corrected chi connectivity index (χ3v) is 9.29. The molecular weight excluding hydrogens is 425 g/mol. The van der Waals surface area contributed by atoms with Crippen LogP contribution >= 0.6 is 7.68 Å². The highest BCUT2D eigenvalue weighted by Gasteiger charge is 2.46. The lowest BCUT2D eigenvalue weighted by molar-refractivity contribution is -0.908. The van der Waals surface area contributed by atoms with Gasteiger partial charge in [0.25, 0.3) is 0 Å². The van der Waals surface area contributed by atoms with E-state index in [1.807, 2.05) is 28.1 Å². The van der Waals surface area contributed by atoms with E-state index in [0.29, 0.717) is 10.9 Å². The Bertz CT molecular complexity index is 528. The molecule has 0 aromatic carbocycles. The molecule has 1 atom stereocenters. The van der Waals surface area contributed by atoms with Crippen LogP contribution in [0.2, 0.25) is 0 Å². The first-order valence-corrected chi connectivity index (χ1v) is 15.6. The van der Waals surface area contributed by atoms with E-state index in [-0.39, 0.29) is 0 Å². The number of allylic oxidation sites excluding steroid dienone is 2. The maximum Gasteiger partial charge on any atom is 0.378 e. The molecule has 0 aliphatic rings. The van der Waals surface area contributed by atoms with Crippen molar-refractivity contribution in [3.63, 3.8) is 0 Å². The maximum absolute atomic E-state index is 12.0. The Hall–Kier alpha value is -0.400. The Balaban J connectivity index is 3.45. The third kappa shape index (κ3) is 16.0. The van der Waals surface area contributed by atoms with Crippen LogP contribution in [0.15, 0.2) is 12.2 Å². The minimum Gasteiger partial charge on any atom is -0.314 e. The van der Waals surface area contributed by atoms with Crippen LogP contribution < -0.4 is 0 Å². The Labute approximate surface area is 208 Å². The normalized spacial score (nSPS) is 14.1. The molecule has 0 N–H and O–H groups in total. The van der Waals surface area contributed by atoms with Crippen molar-refractivity contribution in [2.45, 2.75) is 154 Å². The Morgan fingerprint density at radius 3 is 1.27 bits per heavy atom. The largest absolute Gasteiger partial charge is 0.378 e. The minimum absolute atomic E-state index is 0.513. The Morgan fingerprint density at radius 1 is 0.576 bits per heavy atom. The van der Waals surface area contributed by atoms with Crippen LogP contribution in [0.4, 0.5) is 0 Å². The number of nitrogens with zero attached hydrogens (tertiary/aromatic N) is 1. The molecule has 0 heterocycles. The van der Waals surface area contributed by atoms with Crippen molar-refractivity contribution in [1.82, 2.24) is 0 Å². The molecule has 0 spiro atoms. The summed E-state index contributed by atoms with van der Waals surface area (Å²) in [6.07, 6.45) is 31.6. The van der Waals surface area contributed by atoms with E-state index < -0.39 is 13.0 Å². The molecule has 0 aromatic rings. The highest BCUT2D eigenvalue weighted by atomic mass is 31.1. The van der Waals surface area contributed by atoms with Crippen molar-refractivity contribution in [3.8, 4) is 0 Å². The average molecular weight is 485 g/mol. The molecule has 0 aliphatic heterocycles. The highest BCUT2D eigenvalue weighted by molar-refractivity contribution is 7.32. The number of unbranched alkanes of at least 4 members (excludes halogenated alkanes) is 17. The molecule has 4 heteroatoms. The second-order valence-electron chi connectivity index (χ2n) is 11.1. The standard InChI is InChI=1S/C29H59NO2P/c1-6-8-9-10-11-12-13-14-15-16-17-18-19-20-21-22-23-24-25-26-27-28-29(7-2,33(31)32)30(3,4)5/h9-10H,6-8,11-28H2,1-5H3/q+1. The molecule has 0 bridgehead atoms. The molecule has 0 rings (SSSR count). The van der Waals surface area contributed by atoms with Gasteiger partial charge in [0.15, 0.2) is 0 Å². The van der Waals surface area contributed by atoms with E-state index in [1.165, 1.54) is 116 Å². The van der Waals surface area contributed by atoms with Gasteiger partial charge in [-0.3, -0.25) is 0 Å². The zero-order valence-electron chi connectivity index (χ0n) is 23.2. The van der Waals surface area contributed by atoms with Gasteiger partial charge in [0.05, 0.1) is 21.1 Å². The summed E-state index contributed by atoms with van der Waals surface area (Å²) in [7, 11) is 3.64. The lowest BCUT2D eigenvalue weighted by Crippen LogP contribution is -2.53. The summed E-state index contributed by atoms with van der Waals surface area (Å²) in [5.41, 5.74) is 0. The Kier molecular flexibility index (Phi) is 20.7. The van der Waals surface area contributed by atoms with Crippen LogP contribution in [0, 0.1) is 0 Å². The highest BCUT2D eigenvalue weighted by Crippen LogP contribution is 2.43. The smallest absolute Gasteiger partial charge is 0.314 e. The van der Waals surface area contributed by atoms with Crippen LogP contribution in [0.25, 0.3) is 0 Å². The lowest BCUT2D eigenvalue weighted by Gasteiger charge is -2.40. The molecule has 1 unspecified atom stereocenters. The molecule has 0 saturated heterocycles. The fourth-order valence-electron chi connectivity index (χ4n) is 5.00. The van der Waals surface area contributed by atoms with Gasteiger partial charge < -0.3 is 4.48 Å². The van der Waals surface area contributed by atoms with Crippen molar-refractivity contribution in [2.75, 3.05) is 21.1 Å². The molecule has 0 radical (unpaired) electrons. The van der Waals surface area contributed by atoms with Crippen LogP contribution in [0.3, 0.4) is 0 Å². The Morgan fingerprint density at radius 2 is 0.939 bits per heavy atom. The van der Waals surface area contributed by atoms with Gasteiger partial charge in [-0.25, -0.2) is 9.13 Å². The first-order chi connectivity index (χ1) is 15.8. The van der Waals surface area contributed by atoms with Crippen LogP contribution in [-0.4, -0.2) is 30.9 Å². The number of hydrogen-bond acceptors (Lipinski definition) is 2. The van der Waals surface area contributed by atoms with Crippen LogP contribution in [0.1, 0.15) is 149 Å². The monoisotopic (exact) mass is 484 g/mol. The van der Waals surface area contributed by atoms with Crippen molar-refractivity contribution < 1.29 is 13.6 Å². The second-order valence-corrected chi connectivity index (χ2v) is 12.4. The average Bonchev–Trinajstić information content (AvgIpc) is 2.76. The van der Waals surface area contributed by atoms with E-state index >= 15 is 0 Å². The summed E-state index contributed by atoms with van der Waals surface area (Å²) >= 11 is 0. The molecule has 0 fully saturated rings.